The molecule has 0 N–H and O–H groups in total. The number of aliphatic imine (C=N–C) groups is 1. The van der Waals surface area contributed by atoms with Gasteiger partial charge < -0.3 is 4.90 Å². The molecule has 0 aromatic heterocycles. The largest absolute Gasteiger partial charge is 0.302 e. The van der Waals surface area contributed by atoms with Gasteiger partial charge in [-0.3, -0.25) is 4.90 Å². The van der Waals surface area contributed by atoms with Crippen molar-refractivity contribution in [3.8, 4) is 0 Å². The fourth-order valence-electron chi connectivity index (χ4n) is 4.41. The summed E-state index contributed by atoms with van der Waals surface area (Å²) >= 11 is 4.70. The highest BCUT2D eigenvalue weighted by Crippen LogP contribution is 2.29. The van der Waals surface area contributed by atoms with Crippen LogP contribution in [0.4, 0.5) is 5.69 Å². The second-order valence-electron chi connectivity index (χ2n) is 7.27. The summed E-state index contributed by atoms with van der Waals surface area (Å²) < 4.78 is 0. The Hall–Kier alpha value is -1.06. The van der Waals surface area contributed by atoms with E-state index in [0.717, 1.165) is 30.7 Å². The first-order valence-corrected chi connectivity index (χ1v) is 9.80. The van der Waals surface area contributed by atoms with Crippen molar-refractivity contribution in [2.45, 2.75) is 57.0 Å². The average Bonchev–Trinajstić information content (AvgIpc) is 3.15. The third-order valence-electron chi connectivity index (χ3n) is 5.71. The van der Waals surface area contributed by atoms with Crippen molar-refractivity contribution in [1.29, 1.82) is 0 Å². The van der Waals surface area contributed by atoms with Gasteiger partial charge in [0.1, 0.15) is 0 Å². The van der Waals surface area contributed by atoms with E-state index >= 15 is 0 Å². The predicted molar refractivity (Wildman–Crippen MR) is 104 cm³/mol. The lowest BCUT2D eigenvalue weighted by atomic mass is 9.88. The van der Waals surface area contributed by atoms with Crippen LogP contribution in [0.1, 0.15) is 44.1 Å². The summed E-state index contributed by atoms with van der Waals surface area (Å²) in [5.41, 5.74) is 2.25. The maximum atomic E-state index is 4.70. The van der Waals surface area contributed by atoms with Crippen LogP contribution in [-0.4, -0.2) is 53.7 Å². The van der Waals surface area contributed by atoms with Crippen LogP contribution in [0, 0.1) is 0 Å². The van der Waals surface area contributed by atoms with Gasteiger partial charge in [0.25, 0.3) is 0 Å². The lowest BCUT2D eigenvalue weighted by Gasteiger charge is -2.42. The molecule has 2 unspecified atom stereocenters. The molecule has 24 heavy (non-hydrogen) atoms. The molecule has 0 amide bonds. The van der Waals surface area contributed by atoms with E-state index in [9.17, 15) is 0 Å². The quantitative estimate of drug-likeness (QED) is 0.567. The number of hydrogen-bond acceptors (Lipinski definition) is 4. The minimum Gasteiger partial charge on any atom is -0.302 e. The lowest BCUT2D eigenvalue weighted by Crippen LogP contribution is -2.51. The Bertz CT molecular complexity index is 576. The van der Waals surface area contributed by atoms with Crippen molar-refractivity contribution in [3.05, 3.63) is 29.8 Å². The molecule has 3 nitrogen and oxygen atoms in total. The van der Waals surface area contributed by atoms with E-state index in [4.69, 9.17) is 12.2 Å². The molecule has 4 heteroatoms. The molecule has 1 aliphatic heterocycles. The van der Waals surface area contributed by atoms with E-state index in [1.54, 1.807) is 0 Å². The second-order valence-corrected chi connectivity index (χ2v) is 7.45. The van der Waals surface area contributed by atoms with Crippen LogP contribution in [-0.2, 0) is 6.42 Å². The zero-order valence-electron chi connectivity index (χ0n) is 14.8. The summed E-state index contributed by atoms with van der Waals surface area (Å²) in [7, 11) is 2.32. The summed E-state index contributed by atoms with van der Waals surface area (Å²) in [5, 5.41) is 2.46. The summed E-state index contributed by atoms with van der Waals surface area (Å²) in [6.45, 7) is 3.74. The topological polar surface area (TPSA) is 18.8 Å². The molecule has 1 saturated heterocycles. The summed E-state index contributed by atoms with van der Waals surface area (Å²) in [6.07, 6.45) is 9.38. The minimum absolute atomic E-state index is 0.721. The van der Waals surface area contributed by atoms with Gasteiger partial charge in [0.2, 0.25) is 0 Å². The Morgan fingerprint density at radius 2 is 2.00 bits per heavy atom. The number of thiocarbonyl (C=S) groups is 1. The van der Waals surface area contributed by atoms with Crippen LogP contribution < -0.4 is 0 Å². The van der Waals surface area contributed by atoms with E-state index in [1.165, 1.54) is 57.2 Å². The fraction of sp³-hybridized carbons (Fsp3) is 0.650. The molecule has 1 aliphatic carbocycles. The highest BCUT2D eigenvalue weighted by molar-refractivity contribution is 7.78. The van der Waals surface area contributed by atoms with E-state index in [0.29, 0.717) is 0 Å². The molecule has 2 atom stereocenters. The maximum Gasteiger partial charge on any atom is 0.0742 e. The molecule has 2 fully saturated rings. The summed E-state index contributed by atoms with van der Waals surface area (Å²) in [6, 6.07) is 9.86. The first-order chi connectivity index (χ1) is 11.8. The predicted octanol–water partition coefficient (Wildman–Crippen LogP) is 4.30. The maximum absolute atomic E-state index is 4.70. The van der Waals surface area contributed by atoms with Gasteiger partial charge in [0.15, 0.2) is 0 Å². The molecule has 1 heterocycles. The Morgan fingerprint density at radius 1 is 1.21 bits per heavy atom. The van der Waals surface area contributed by atoms with Gasteiger partial charge in [-0.2, -0.15) is 4.99 Å². The number of hydrogen-bond donors (Lipinski definition) is 0. The first kappa shape index (κ1) is 17.8. The molecule has 0 bridgehead atoms. The van der Waals surface area contributed by atoms with Crippen molar-refractivity contribution in [3.63, 3.8) is 0 Å². The molecule has 3 rings (SSSR count). The van der Waals surface area contributed by atoms with Crippen molar-refractivity contribution in [2.75, 3.05) is 26.7 Å². The Kier molecular flexibility index (Phi) is 6.56. The second kappa shape index (κ2) is 8.87. The monoisotopic (exact) mass is 343 g/mol. The zero-order chi connectivity index (χ0) is 16.8. The van der Waals surface area contributed by atoms with Gasteiger partial charge in [-0.25, -0.2) is 0 Å². The summed E-state index contributed by atoms with van der Waals surface area (Å²) in [5.74, 6) is 0. The van der Waals surface area contributed by atoms with Gasteiger partial charge in [0.05, 0.1) is 10.8 Å². The number of isothiocyanates is 1. The van der Waals surface area contributed by atoms with Gasteiger partial charge in [-0.15, -0.1) is 0 Å². The van der Waals surface area contributed by atoms with E-state index in [-0.39, 0.29) is 0 Å². The highest BCUT2D eigenvalue weighted by Gasteiger charge is 2.33. The molecule has 130 valence electrons. The molecule has 0 radical (unpaired) electrons. The van der Waals surface area contributed by atoms with E-state index in [2.05, 4.69) is 45.2 Å². The molecule has 0 spiro atoms. The van der Waals surface area contributed by atoms with Crippen molar-refractivity contribution in [1.82, 2.24) is 9.80 Å². The number of nitrogens with zero attached hydrogens (tertiary/aromatic N) is 3. The van der Waals surface area contributed by atoms with Crippen LogP contribution in [0.3, 0.4) is 0 Å². The standard InChI is InChI=1S/C20H29N3S/c1-22(14-11-17-7-6-8-18(15-17)21-16-24)19-9-2-3-10-20(19)23-12-4-5-13-23/h6-8,15,19-20H,2-5,9-14H2,1H3. The molecule has 2 aliphatic rings. The lowest BCUT2D eigenvalue weighted by molar-refractivity contribution is 0.0771. The number of benzene rings is 1. The van der Waals surface area contributed by atoms with Crippen LogP contribution in [0.5, 0.6) is 0 Å². The van der Waals surface area contributed by atoms with Gasteiger partial charge in [-0.1, -0.05) is 25.0 Å². The average molecular weight is 344 g/mol. The molecule has 1 aromatic carbocycles. The van der Waals surface area contributed by atoms with Gasteiger partial charge in [-0.05, 0) is 82.2 Å². The van der Waals surface area contributed by atoms with Crippen LogP contribution >= 0.6 is 12.2 Å². The summed E-state index contributed by atoms with van der Waals surface area (Å²) in [4.78, 5) is 9.46. The molecular formula is C20H29N3S. The fourth-order valence-corrected chi connectivity index (χ4v) is 4.52. The third-order valence-corrected chi connectivity index (χ3v) is 5.80. The van der Waals surface area contributed by atoms with Crippen molar-refractivity contribution < 1.29 is 0 Å². The van der Waals surface area contributed by atoms with Crippen LogP contribution in [0.2, 0.25) is 0 Å². The van der Waals surface area contributed by atoms with E-state index in [1.807, 2.05) is 6.07 Å². The van der Waals surface area contributed by atoms with Gasteiger partial charge in [0, 0.05) is 18.6 Å². The molecular weight excluding hydrogens is 314 g/mol. The first-order valence-electron chi connectivity index (χ1n) is 9.39. The highest BCUT2D eigenvalue weighted by atomic mass is 32.1. The number of rotatable bonds is 6. The molecule has 1 saturated carbocycles. The van der Waals surface area contributed by atoms with E-state index < -0.39 is 0 Å². The Balaban J connectivity index is 1.59. The minimum atomic E-state index is 0.721. The Labute approximate surface area is 151 Å². The third kappa shape index (κ3) is 4.52. The van der Waals surface area contributed by atoms with Crippen LogP contribution in [0.15, 0.2) is 29.3 Å². The van der Waals surface area contributed by atoms with Crippen LogP contribution in [0.25, 0.3) is 0 Å². The SMILES string of the molecule is CN(CCc1cccc(N=C=S)c1)C1CCCCC1N1CCCC1. The molecule has 1 aromatic rings. The Morgan fingerprint density at radius 3 is 2.79 bits per heavy atom. The van der Waals surface area contributed by atoms with Crippen molar-refractivity contribution in [2.24, 2.45) is 4.99 Å². The number of likely N-dealkylation sites (tertiary alicyclic amines) is 1. The number of likely N-dealkylation sites (N-methyl/N-ethyl adjacent to an activating group) is 1. The van der Waals surface area contributed by atoms with Crippen molar-refractivity contribution >= 4 is 23.1 Å². The zero-order valence-corrected chi connectivity index (χ0v) is 15.6. The van der Waals surface area contributed by atoms with Gasteiger partial charge >= 0.3 is 0 Å². The smallest absolute Gasteiger partial charge is 0.0742 e. The normalized spacial score (nSPS) is 24.9.